The Kier molecular flexibility index (Phi) is 5.99. The fourth-order valence-electron chi connectivity index (χ4n) is 1.28. The summed E-state index contributed by atoms with van der Waals surface area (Å²) in [5.74, 6) is 0. The second kappa shape index (κ2) is 6.91. The largest absolute Gasteiger partial charge is 0.0872 e. The van der Waals surface area contributed by atoms with Crippen molar-refractivity contribution in [1.82, 2.24) is 0 Å². The van der Waals surface area contributed by atoms with Crippen LogP contribution in [0.1, 0.15) is 0 Å². The Morgan fingerprint density at radius 1 is 0.632 bits per heavy atom. The molecule has 2 aromatic rings. The first-order chi connectivity index (χ1) is 8.88. The van der Waals surface area contributed by atoms with Crippen LogP contribution in [0, 0.1) is 0 Å². The topological polar surface area (TPSA) is 0 Å². The first kappa shape index (κ1) is 16.5. The van der Waals surface area contributed by atoms with E-state index in [0.717, 1.165) is 23.2 Å². The van der Waals surface area contributed by atoms with Crippen LogP contribution in [0.5, 0.6) is 0 Å². The maximum atomic E-state index is 6.23. The summed E-state index contributed by atoms with van der Waals surface area (Å²) in [6, 6.07) is 7.38. The van der Waals surface area contributed by atoms with Crippen molar-refractivity contribution < 1.29 is 0 Å². The molecule has 2 aromatic carbocycles. The highest BCUT2D eigenvalue weighted by Crippen LogP contribution is 2.42. The summed E-state index contributed by atoms with van der Waals surface area (Å²) in [6.45, 7) is 0. The third kappa shape index (κ3) is 4.06. The highest BCUT2D eigenvalue weighted by atomic mass is 79.9. The van der Waals surface area contributed by atoms with Crippen LogP contribution in [0.25, 0.3) is 0 Å². The van der Waals surface area contributed by atoms with Crippen molar-refractivity contribution in [1.29, 1.82) is 0 Å². The highest BCUT2D eigenvalue weighted by molar-refractivity contribution is 9.13. The molecule has 0 spiro atoms. The fraction of sp³-hybridized carbons (Fsp3) is 0. The van der Waals surface area contributed by atoms with Gasteiger partial charge in [-0.15, -0.1) is 0 Å². The van der Waals surface area contributed by atoms with Gasteiger partial charge >= 0.3 is 0 Å². The third-order valence-corrected chi connectivity index (χ3v) is 7.19. The molecule has 0 saturated heterocycles. The Balaban J connectivity index is 2.42. The van der Waals surface area contributed by atoms with Crippen LogP contribution in [0.3, 0.4) is 0 Å². The number of hydrogen-bond donors (Lipinski definition) is 0. The lowest BCUT2D eigenvalue weighted by Crippen LogP contribution is -1.81. The van der Waals surface area contributed by atoms with Crippen molar-refractivity contribution in [3.63, 3.8) is 0 Å². The number of rotatable bonds is 2. The Morgan fingerprint density at radius 3 is 1.84 bits per heavy atom. The van der Waals surface area contributed by atoms with E-state index in [9.17, 15) is 0 Å². The van der Waals surface area contributed by atoms with Crippen LogP contribution >= 0.6 is 94.4 Å². The molecular formula is C12H4Br3Cl3S. The molecule has 0 aliphatic rings. The molecule has 0 aliphatic heterocycles. The summed E-state index contributed by atoms with van der Waals surface area (Å²) in [5.41, 5.74) is 0. The molecule has 0 unspecified atom stereocenters. The normalized spacial score (nSPS) is 10.8. The Labute approximate surface area is 155 Å². The number of halogens is 6. The zero-order chi connectivity index (χ0) is 14.2. The van der Waals surface area contributed by atoms with Gasteiger partial charge in [-0.1, -0.05) is 46.6 Å². The molecule has 0 N–H and O–H groups in total. The molecule has 0 nitrogen and oxygen atoms in total. The monoisotopic (exact) mass is 522 g/mol. The minimum atomic E-state index is 0.514. The molecule has 19 heavy (non-hydrogen) atoms. The van der Waals surface area contributed by atoms with Crippen molar-refractivity contribution in [2.24, 2.45) is 0 Å². The minimum absolute atomic E-state index is 0.514. The molecule has 0 aromatic heterocycles. The van der Waals surface area contributed by atoms with Gasteiger partial charge < -0.3 is 0 Å². The Morgan fingerprint density at radius 2 is 1.16 bits per heavy atom. The first-order valence-corrected chi connectivity index (χ1v) is 9.18. The summed E-state index contributed by atoms with van der Waals surface area (Å²) in [6.07, 6.45) is 0. The van der Waals surface area contributed by atoms with Gasteiger partial charge in [0.25, 0.3) is 0 Å². The lowest BCUT2D eigenvalue weighted by Gasteiger charge is -2.09. The van der Waals surface area contributed by atoms with E-state index in [-0.39, 0.29) is 0 Å². The molecule has 7 heteroatoms. The molecule has 0 fully saturated rings. The van der Waals surface area contributed by atoms with Crippen LogP contribution in [-0.4, -0.2) is 0 Å². The number of benzene rings is 2. The van der Waals surface area contributed by atoms with Crippen molar-refractivity contribution in [2.75, 3.05) is 0 Å². The van der Waals surface area contributed by atoms with Gasteiger partial charge in [0.15, 0.2) is 0 Å². The average molecular weight is 526 g/mol. The van der Waals surface area contributed by atoms with Gasteiger partial charge in [-0.05, 0) is 72.1 Å². The van der Waals surface area contributed by atoms with Gasteiger partial charge in [-0.2, -0.15) is 0 Å². The summed E-state index contributed by atoms with van der Waals surface area (Å²) in [4.78, 5) is 1.88. The third-order valence-electron chi connectivity index (χ3n) is 2.17. The van der Waals surface area contributed by atoms with Crippen molar-refractivity contribution >= 4 is 94.4 Å². The van der Waals surface area contributed by atoms with Gasteiger partial charge in [-0.3, -0.25) is 0 Å². The molecule has 2 rings (SSSR count). The van der Waals surface area contributed by atoms with Crippen molar-refractivity contribution in [2.45, 2.75) is 9.79 Å². The lowest BCUT2D eigenvalue weighted by atomic mass is 10.3. The van der Waals surface area contributed by atoms with Crippen molar-refractivity contribution in [3.8, 4) is 0 Å². The van der Waals surface area contributed by atoms with Crippen molar-refractivity contribution in [3.05, 3.63) is 52.8 Å². The van der Waals surface area contributed by atoms with Crippen LogP contribution in [-0.2, 0) is 0 Å². The molecule has 0 saturated carbocycles. The van der Waals surface area contributed by atoms with E-state index in [0.29, 0.717) is 15.1 Å². The SMILES string of the molecule is Clc1cc(Br)c(Sc2cc(Br)c(Br)cc2Cl)cc1Cl. The lowest BCUT2D eigenvalue weighted by molar-refractivity contribution is 1.36. The van der Waals surface area contributed by atoms with Crippen LogP contribution < -0.4 is 0 Å². The average Bonchev–Trinajstić information content (AvgIpc) is 2.32. The summed E-state index contributed by atoms with van der Waals surface area (Å²) in [7, 11) is 0. The molecule has 0 bridgehead atoms. The maximum absolute atomic E-state index is 6.23. The van der Waals surface area contributed by atoms with E-state index in [4.69, 9.17) is 34.8 Å². The van der Waals surface area contributed by atoms with Gasteiger partial charge in [0.1, 0.15) is 0 Å². The molecule has 0 amide bonds. The van der Waals surface area contributed by atoms with Crippen LogP contribution in [0.2, 0.25) is 15.1 Å². The summed E-state index contributed by atoms with van der Waals surface area (Å²) >= 11 is 30.1. The summed E-state index contributed by atoms with van der Waals surface area (Å²) < 4.78 is 2.73. The van der Waals surface area contributed by atoms with Gasteiger partial charge in [0.2, 0.25) is 0 Å². The highest BCUT2D eigenvalue weighted by Gasteiger charge is 2.11. The zero-order valence-corrected chi connectivity index (χ0v) is 16.8. The standard InChI is InChI=1S/C12H4Br3Cl3S/c13-5-1-10(18)12(3-6(5)14)19-11-4-9(17)8(16)2-7(11)15/h1-4H. The quantitative estimate of drug-likeness (QED) is 0.357. The first-order valence-electron chi connectivity index (χ1n) is 4.85. The van der Waals surface area contributed by atoms with Gasteiger partial charge in [-0.25, -0.2) is 0 Å². The van der Waals surface area contributed by atoms with Gasteiger partial charge in [0.05, 0.1) is 15.1 Å². The molecule has 100 valence electrons. The molecule has 0 aliphatic carbocycles. The van der Waals surface area contributed by atoms with Crippen LogP contribution in [0.15, 0.2) is 47.5 Å². The van der Waals surface area contributed by atoms with E-state index < -0.39 is 0 Å². The Bertz CT molecular complexity index is 591. The molecule has 0 heterocycles. The second-order valence-corrected chi connectivity index (χ2v) is 8.36. The smallest absolute Gasteiger partial charge is 0.0604 e. The maximum Gasteiger partial charge on any atom is 0.0604 e. The zero-order valence-electron chi connectivity index (χ0n) is 8.99. The molecule has 0 atom stereocenters. The van der Waals surface area contributed by atoms with E-state index in [1.807, 2.05) is 18.2 Å². The fourth-order valence-corrected chi connectivity index (χ4v) is 4.55. The van der Waals surface area contributed by atoms with E-state index in [2.05, 4.69) is 47.8 Å². The molecular weight excluding hydrogens is 522 g/mol. The second-order valence-electron chi connectivity index (χ2n) is 3.50. The van der Waals surface area contributed by atoms with E-state index in [1.165, 1.54) is 11.8 Å². The summed E-state index contributed by atoms with van der Waals surface area (Å²) in [5, 5.41) is 1.69. The van der Waals surface area contributed by atoms with Crippen LogP contribution in [0.4, 0.5) is 0 Å². The Hall–Kier alpha value is 1.10. The minimum Gasteiger partial charge on any atom is -0.0872 e. The predicted octanol–water partition coefficient (Wildman–Crippen LogP) is 8.09. The predicted molar refractivity (Wildman–Crippen MR) is 95.1 cm³/mol. The molecule has 0 radical (unpaired) electrons. The van der Waals surface area contributed by atoms with E-state index >= 15 is 0 Å². The number of hydrogen-bond acceptors (Lipinski definition) is 1. The van der Waals surface area contributed by atoms with E-state index in [1.54, 1.807) is 6.07 Å². The van der Waals surface area contributed by atoms with Gasteiger partial charge in [0, 0.05) is 23.2 Å².